The second-order valence-corrected chi connectivity index (χ2v) is 6.70. The molecule has 1 aromatic heterocycles. The van der Waals surface area contributed by atoms with E-state index < -0.39 is 0 Å². The topological polar surface area (TPSA) is 42.0 Å². The van der Waals surface area contributed by atoms with Crippen molar-refractivity contribution < 1.29 is 4.79 Å². The lowest BCUT2D eigenvalue weighted by Crippen LogP contribution is -2.14. The number of aromatic nitrogens is 1. The third kappa shape index (κ3) is 3.85. The monoisotopic (exact) mass is 322 g/mol. The fraction of sp³-hybridized carbons (Fsp3) is 0.158. The number of aryl methyl sites for hydroxylation is 2. The minimum atomic E-state index is -0.0413. The number of carbonyl (C=O) groups excluding carboxylic acids is 1. The first-order valence-corrected chi connectivity index (χ1v) is 8.32. The van der Waals surface area contributed by atoms with Gasteiger partial charge in [0.1, 0.15) is 0 Å². The number of nitrogens with zero attached hydrogens (tertiary/aromatic N) is 1. The van der Waals surface area contributed by atoms with Crippen molar-refractivity contribution in [2.24, 2.45) is 0 Å². The molecule has 0 atom stereocenters. The highest BCUT2D eigenvalue weighted by molar-refractivity contribution is 7.16. The predicted octanol–water partition coefficient (Wildman–Crippen LogP) is 4.61. The second kappa shape index (κ2) is 6.75. The lowest BCUT2D eigenvalue weighted by Gasteiger charge is -2.02. The molecule has 3 rings (SSSR count). The van der Waals surface area contributed by atoms with Crippen molar-refractivity contribution in [3.8, 4) is 11.3 Å². The molecule has 0 bridgehead atoms. The predicted molar refractivity (Wildman–Crippen MR) is 95.8 cm³/mol. The molecule has 1 amide bonds. The quantitative estimate of drug-likeness (QED) is 0.762. The van der Waals surface area contributed by atoms with E-state index >= 15 is 0 Å². The Kier molecular flexibility index (Phi) is 4.53. The Balaban J connectivity index is 1.73. The first-order valence-electron chi connectivity index (χ1n) is 7.50. The van der Waals surface area contributed by atoms with Crippen molar-refractivity contribution in [2.45, 2.75) is 20.3 Å². The highest BCUT2D eigenvalue weighted by atomic mass is 32.1. The summed E-state index contributed by atoms with van der Waals surface area (Å²) in [7, 11) is 0. The molecule has 4 heteroatoms. The van der Waals surface area contributed by atoms with Crippen LogP contribution >= 0.6 is 11.3 Å². The zero-order chi connectivity index (χ0) is 16.2. The van der Waals surface area contributed by atoms with E-state index in [-0.39, 0.29) is 5.91 Å². The lowest BCUT2D eigenvalue weighted by molar-refractivity contribution is -0.115. The maximum absolute atomic E-state index is 12.1. The third-order valence-corrected chi connectivity index (χ3v) is 4.46. The summed E-state index contributed by atoms with van der Waals surface area (Å²) in [5.41, 5.74) is 4.23. The molecule has 0 spiro atoms. The van der Waals surface area contributed by atoms with Crippen LogP contribution in [0.4, 0.5) is 5.13 Å². The van der Waals surface area contributed by atoms with E-state index in [9.17, 15) is 4.79 Å². The maximum Gasteiger partial charge on any atom is 0.230 e. The summed E-state index contributed by atoms with van der Waals surface area (Å²) >= 11 is 1.51. The van der Waals surface area contributed by atoms with Crippen molar-refractivity contribution in [3.63, 3.8) is 0 Å². The molecule has 1 heterocycles. The van der Waals surface area contributed by atoms with Gasteiger partial charge in [0.2, 0.25) is 5.91 Å². The average molecular weight is 322 g/mol. The van der Waals surface area contributed by atoms with Crippen LogP contribution in [-0.2, 0) is 11.2 Å². The first kappa shape index (κ1) is 15.4. The third-order valence-electron chi connectivity index (χ3n) is 3.58. The van der Waals surface area contributed by atoms with Crippen molar-refractivity contribution >= 4 is 22.4 Å². The Bertz CT molecular complexity index is 807. The van der Waals surface area contributed by atoms with Gasteiger partial charge in [-0.05, 0) is 19.4 Å². The van der Waals surface area contributed by atoms with Crippen molar-refractivity contribution in [1.82, 2.24) is 4.98 Å². The minimum Gasteiger partial charge on any atom is -0.302 e. The standard InChI is InChI=1S/C19H18N2OS/c1-13-8-10-16(11-9-13)18-14(2)23-19(21-18)20-17(22)12-15-6-4-3-5-7-15/h3-11H,12H2,1-2H3,(H,20,21,22). The Hall–Kier alpha value is -2.46. The van der Waals surface area contributed by atoms with Crippen LogP contribution in [0.15, 0.2) is 54.6 Å². The van der Waals surface area contributed by atoms with Gasteiger partial charge in [0.15, 0.2) is 5.13 Å². The summed E-state index contributed by atoms with van der Waals surface area (Å²) in [5, 5.41) is 3.55. The maximum atomic E-state index is 12.1. The van der Waals surface area contributed by atoms with Crippen LogP contribution in [0.2, 0.25) is 0 Å². The molecule has 0 saturated carbocycles. The second-order valence-electron chi connectivity index (χ2n) is 5.50. The van der Waals surface area contributed by atoms with Gasteiger partial charge in [-0.1, -0.05) is 60.2 Å². The molecule has 0 aliphatic carbocycles. The van der Waals surface area contributed by atoms with Crippen LogP contribution in [0.3, 0.4) is 0 Å². The number of hydrogen-bond donors (Lipinski definition) is 1. The van der Waals surface area contributed by atoms with Crippen molar-refractivity contribution in [3.05, 3.63) is 70.6 Å². The van der Waals surface area contributed by atoms with Crippen LogP contribution in [0.1, 0.15) is 16.0 Å². The van der Waals surface area contributed by atoms with Gasteiger partial charge < -0.3 is 5.32 Å². The van der Waals surface area contributed by atoms with Crippen molar-refractivity contribution in [1.29, 1.82) is 0 Å². The molecule has 1 N–H and O–H groups in total. The normalized spacial score (nSPS) is 10.5. The Morgan fingerprint density at radius 2 is 1.74 bits per heavy atom. The number of carbonyl (C=O) groups is 1. The highest BCUT2D eigenvalue weighted by Crippen LogP contribution is 2.30. The molecule has 0 aliphatic rings. The van der Waals surface area contributed by atoms with Crippen LogP contribution in [0.5, 0.6) is 0 Å². The van der Waals surface area contributed by atoms with Crippen LogP contribution in [0.25, 0.3) is 11.3 Å². The summed E-state index contributed by atoms with van der Waals surface area (Å²) in [4.78, 5) is 17.8. The number of anilines is 1. The van der Waals surface area contributed by atoms with E-state index in [1.807, 2.05) is 37.3 Å². The average Bonchev–Trinajstić information content (AvgIpc) is 2.89. The fourth-order valence-corrected chi connectivity index (χ4v) is 3.23. The molecule has 0 unspecified atom stereocenters. The summed E-state index contributed by atoms with van der Waals surface area (Å²) in [6, 6.07) is 18.0. The molecule has 116 valence electrons. The van der Waals surface area contributed by atoms with Crippen LogP contribution in [-0.4, -0.2) is 10.9 Å². The largest absolute Gasteiger partial charge is 0.302 e. The molecule has 2 aromatic carbocycles. The van der Waals surface area contributed by atoms with Gasteiger partial charge in [0.25, 0.3) is 0 Å². The van der Waals surface area contributed by atoms with Gasteiger partial charge in [0, 0.05) is 10.4 Å². The lowest BCUT2D eigenvalue weighted by atomic mass is 10.1. The van der Waals surface area contributed by atoms with E-state index in [1.54, 1.807) is 0 Å². The highest BCUT2D eigenvalue weighted by Gasteiger charge is 2.12. The van der Waals surface area contributed by atoms with E-state index in [1.165, 1.54) is 16.9 Å². The molecule has 0 saturated heterocycles. The Labute approximate surface area is 140 Å². The first-order chi connectivity index (χ1) is 11.1. The summed E-state index contributed by atoms with van der Waals surface area (Å²) in [5.74, 6) is -0.0413. The molecule has 0 fully saturated rings. The van der Waals surface area contributed by atoms with Crippen molar-refractivity contribution in [2.75, 3.05) is 5.32 Å². The Morgan fingerprint density at radius 3 is 2.43 bits per heavy atom. The van der Waals surface area contributed by atoms with Crippen LogP contribution in [0, 0.1) is 13.8 Å². The number of amides is 1. The SMILES string of the molecule is Cc1ccc(-c2nc(NC(=O)Cc3ccccc3)sc2C)cc1. The van der Waals surface area contributed by atoms with E-state index in [0.717, 1.165) is 21.7 Å². The molecule has 3 aromatic rings. The van der Waals surface area contributed by atoms with E-state index in [0.29, 0.717) is 11.6 Å². The smallest absolute Gasteiger partial charge is 0.230 e. The van der Waals surface area contributed by atoms with Gasteiger partial charge in [0.05, 0.1) is 12.1 Å². The number of nitrogens with one attached hydrogen (secondary N) is 1. The van der Waals surface area contributed by atoms with Gasteiger partial charge in [-0.15, -0.1) is 11.3 Å². The van der Waals surface area contributed by atoms with Gasteiger partial charge in [-0.2, -0.15) is 0 Å². The molecule has 0 aliphatic heterocycles. The van der Waals surface area contributed by atoms with Gasteiger partial charge in [-0.25, -0.2) is 4.98 Å². The number of hydrogen-bond acceptors (Lipinski definition) is 3. The Morgan fingerprint density at radius 1 is 1.04 bits per heavy atom. The molecular weight excluding hydrogens is 304 g/mol. The van der Waals surface area contributed by atoms with Gasteiger partial charge >= 0.3 is 0 Å². The fourth-order valence-electron chi connectivity index (χ4n) is 2.37. The van der Waals surface area contributed by atoms with Crippen LogP contribution < -0.4 is 5.32 Å². The van der Waals surface area contributed by atoms with Gasteiger partial charge in [-0.3, -0.25) is 4.79 Å². The molecule has 0 radical (unpaired) electrons. The summed E-state index contributed by atoms with van der Waals surface area (Å²) in [6.45, 7) is 4.09. The number of benzene rings is 2. The summed E-state index contributed by atoms with van der Waals surface area (Å²) < 4.78 is 0. The molecule has 3 nitrogen and oxygen atoms in total. The van der Waals surface area contributed by atoms with E-state index in [4.69, 9.17) is 0 Å². The minimum absolute atomic E-state index is 0.0413. The molecular formula is C19H18N2OS. The number of thiazole rings is 1. The summed E-state index contributed by atoms with van der Waals surface area (Å²) in [6.07, 6.45) is 0.360. The number of rotatable bonds is 4. The molecule has 23 heavy (non-hydrogen) atoms. The zero-order valence-corrected chi connectivity index (χ0v) is 14.0. The van der Waals surface area contributed by atoms with E-state index in [2.05, 4.69) is 41.5 Å². The zero-order valence-electron chi connectivity index (χ0n) is 13.2.